The first-order valence-electron chi connectivity index (χ1n) is 5.42. The minimum atomic E-state index is 0.793. The molecular formula is C13H16BrN. The molecule has 1 aromatic carbocycles. The van der Waals surface area contributed by atoms with E-state index in [0.29, 0.717) is 0 Å². The zero-order chi connectivity index (χ0) is 10.7. The van der Waals surface area contributed by atoms with Gasteiger partial charge in [-0.1, -0.05) is 40.2 Å². The lowest BCUT2D eigenvalue weighted by molar-refractivity contribution is 0.754. The molecule has 1 aromatic rings. The van der Waals surface area contributed by atoms with Gasteiger partial charge >= 0.3 is 0 Å². The molecule has 80 valence electrons. The summed E-state index contributed by atoms with van der Waals surface area (Å²) in [7, 11) is 0. The molecule has 0 amide bonds. The highest BCUT2D eigenvalue weighted by Crippen LogP contribution is 2.19. The van der Waals surface area contributed by atoms with Gasteiger partial charge in [0.2, 0.25) is 0 Å². The largest absolute Gasteiger partial charge is 0.311 e. The van der Waals surface area contributed by atoms with Crippen molar-refractivity contribution in [2.45, 2.75) is 25.8 Å². The van der Waals surface area contributed by atoms with E-state index in [1.807, 2.05) is 0 Å². The molecule has 0 atom stereocenters. The molecule has 1 N–H and O–H groups in total. The van der Waals surface area contributed by atoms with Crippen molar-refractivity contribution >= 4 is 22.0 Å². The van der Waals surface area contributed by atoms with E-state index in [-0.39, 0.29) is 0 Å². The number of rotatable bonds is 4. The van der Waals surface area contributed by atoms with Gasteiger partial charge in [-0.05, 0) is 37.0 Å². The lowest BCUT2D eigenvalue weighted by Gasteiger charge is -2.00. The maximum Gasteiger partial charge on any atom is 0.0204 e. The van der Waals surface area contributed by atoms with E-state index in [9.17, 15) is 0 Å². The third kappa shape index (κ3) is 3.47. The third-order valence-electron chi connectivity index (χ3n) is 2.59. The van der Waals surface area contributed by atoms with Gasteiger partial charge in [0.05, 0.1) is 0 Å². The monoisotopic (exact) mass is 265 g/mol. The quantitative estimate of drug-likeness (QED) is 0.879. The fraction of sp³-hybridized carbons (Fsp3) is 0.385. The number of hydrogen-bond donors (Lipinski definition) is 1. The number of aryl methyl sites for hydroxylation is 1. The summed E-state index contributed by atoms with van der Waals surface area (Å²) < 4.78 is 1.18. The SMILES string of the molecule is Cc1cc(C=CCNC2CC2)ccc1Br. The topological polar surface area (TPSA) is 12.0 Å². The first-order chi connectivity index (χ1) is 7.25. The molecule has 0 aliphatic heterocycles. The molecule has 0 spiro atoms. The fourth-order valence-electron chi connectivity index (χ4n) is 1.49. The van der Waals surface area contributed by atoms with Crippen LogP contribution in [0.3, 0.4) is 0 Å². The summed E-state index contributed by atoms with van der Waals surface area (Å²) in [6, 6.07) is 7.22. The van der Waals surface area contributed by atoms with Crippen LogP contribution in [0.5, 0.6) is 0 Å². The second kappa shape index (κ2) is 4.95. The van der Waals surface area contributed by atoms with E-state index in [1.165, 1.54) is 28.4 Å². The Morgan fingerprint density at radius 1 is 1.47 bits per heavy atom. The van der Waals surface area contributed by atoms with Gasteiger partial charge in [0.15, 0.2) is 0 Å². The summed E-state index contributed by atoms with van der Waals surface area (Å²) in [6.07, 6.45) is 7.08. The normalized spacial score (nSPS) is 16.1. The van der Waals surface area contributed by atoms with E-state index < -0.39 is 0 Å². The lowest BCUT2D eigenvalue weighted by Crippen LogP contribution is -2.15. The predicted molar refractivity (Wildman–Crippen MR) is 68.9 cm³/mol. The zero-order valence-corrected chi connectivity index (χ0v) is 10.5. The van der Waals surface area contributed by atoms with E-state index in [1.54, 1.807) is 0 Å². The van der Waals surface area contributed by atoms with Gasteiger partial charge in [-0.3, -0.25) is 0 Å². The van der Waals surface area contributed by atoms with E-state index in [0.717, 1.165) is 12.6 Å². The van der Waals surface area contributed by atoms with E-state index in [2.05, 4.69) is 58.5 Å². The summed E-state index contributed by atoms with van der Waals surface area (Å²) in [4.78, 5) is 0. The van der Waals surface area contributed by atoms with Crippen molar-refractivity contribution in [3.05, 3.63) is 39.9 Å². The molecule has 0 radical (unpaired) electrons. The molecular weight excluding hydrogens is 250 g/mol. The maximum atomic E-state index is 3.50. The summed E-state index contributed by atoms with van der Waals surface area (Å²) in [6.45, 7) is 3.10. The second-order valence-electron chi connectivity index (χ2n) is 4.09. The number of hydrogen-bond acceptors (Lipinski definition) is 1. The van der Waals surface area contributed by atoms with Crippen LogP contribution in [0, 0.1) is 6.92 Å². The highest BCUT2D eigenvalue weighted by atomic mass is 79.9. The highest BCUT2D eigenvalue weighted by Gasteiger charge is 2.18. The molecule has 0 saturated heterocycles. The number of nitrogens with one attached hydrogen (secondary N) is 1. The van der Waals surface area contributed by atoms with Gasteiger partial charge in [0.1, 0.15) is 0 Å². The Kier molecular flexibility index (Phi) is 3.60. The minimum absolute atomic E-state index is 0.793. The molecule has 1 nitrogen and oxygen atoms in total. The Bertz CT molecular complexity index is 367. The Hall–Kier alpha value is -0.600. The molecule has 0 aromatic heterocycles. The van der Waals surface area contributed by atoms with Crippen LogP contribution >= 0.6 is 15.9 Å². The maximum absolute atomic E-state index is 3.50. The van der Waals surface area contributed by atoms with Crippen molar-refractivity contribution in [3.8, 4) is 0 Å². The summed E-state index contributed by atoms with van der Waals surface area (Å²) in [5, 5.41) is 3.46. The van der Waals surface area contributed by atoms with Crippen molar-refractivity contribution in [1.29, 1.82) is 0 Å². The number of benzene rings is 1. The molecule has 1 aliphatic rings. The van der Waals surface area contributed by atoms with Gasteiger partial charge < -0.3 is 5.32 Å². The van der Waals surface area contributed by atoms with Crippen LogP contribution in [0.1, 0.15) is 24.0 Å². The molecule has 0 bridgehead atoms. The first-order valence-corrected chi connectivity index (χ1v) is 6.21. The van der Waals surface area contributed by atoms with Crippen LogP contribution < -0.4 is 5.32 Å². The van der Waals surface area contributed by atoms with Crippen molar-refractivity contribution in [3.63, 3.8) is 0 Å². The Morgan fingerprint density at radius 2 is 2.27 bits per heavy atom. The smallest absolute Gasteiger partial charge is 0.0204 e. The Morgan fingerprint density at radius 3 is 2.93 bits per heavy atom. The molecule has 1 saturated carbocycles. The Balaban J connectivity index is 1.88. The molecule has 1 aliphatic carbocycles. The van der Waals surface area contributed by atoms with Crippen LogP contribution in [0.4, 0.5) is 0 Å². The van der Waals surface area contributed by atoms with Crippen LogP contribution in [0.15, 0.2) is 28.7 Å². The molecule has 15 heavy (non-hydrogen) atoms. The average Bonchev–Trinajstić information content (AvgIpc) is 3.02. The second-order valence-corrected chi connectivity index (χ2v) is 4.95. The number of halogens is 1. The van der Waals surface area contributed by atoms with E-state index >= 15 is 0 Å². The van der Waals surface area contributed by atoms with Gasteiger partial charge in [-0.15, -0.1) is 0 Å². The van der Waals surface area contributed by atoms with Gasteiger partial charge in [0, 0.05) is 17.1 Å². The third-order valence-corrected chi connectivity index (χ3v) is 3.48. The zero-order valence-electron chi connectivity index (χ0n) is 8.96. The molecule has 1 fully saturated rings. The molecule has 0 unspecified atom stereocenters. The van der Waals surface area contributed by atoms with Crippen molar-refractivity contribution in [2.75, 3.05) is 6.54 Å². The van der Waals surface area contributed by atoms with Crippen LogP contribution in [0.25, 0.3) is 6.08 Å². The van der Waals surface area contributed by atoms with Crippen molar-refractivity contribution in [2.24, 2.45) is 0 Å². The van der Waals surface area contributed by atoms with E-state index in [4.69, 9.17) is 0 Å². The summed E-state index contributed by atoms with van der Waals surface area (Å²) in [5.41, 5.74) is 2.56. The summed E-state index contributed by atoms with van der Waals surface area (Å²) >= 11 is 3.50. The first kappa shape index (κ1) is 10.9. The van der Waals surface area contributed by atoms with Crippen molar-refractivity contribution < 1.29 is 0 Å². The van der Waals surface area contributed by atoms with Crippen LogP contribution in [-0.4, -0.2) is 12.6 Å². The predicted octanol–water partition coefficient (Wildman–Crippen LogP) is 3.52. The molecule has 2 heteroatoms. The Labute approximate surface area is 99.7 Å². The average molecular weight is 266 g/mol. The van der Waals surface area contributed by atoms with Gasteiger partial charge in [-0.2, -0.15) is 0 Å². The van der Waals surface area contributed by atoms with Gasteiger partial charge in [-0.25, -0.2) is 0 Å². The molecule has 2 rings (SSSR count). The molecule has 0 heterocycles. The standard InChI is InChI=1S/C13H16BrN/c1-10-9-11(4-7-13(10)14)3-2-8-15-12-5-6-12/h2-4,7,9,12,15H,5-6,8H2,1H3. The minimum Gasteiger partial charge on any atom is -0.311 e. The van der Waals surface area contributed by atoms with Crippen LogP contribution in [-0.2, 0) is 0 Å². The fourth-order valence-corrected chi connectivity index (χ4v) is 1.74. The summed E-state index contributed by atoms with van der Waals surface area (Å²) in [5.74, 6) is 0. The van der Waals surface area contributed by atoms with Crippen molar-refractivity contribution in [1.82, 2.24) is 5.32 Å². The van der Waals surface area contributed by atoms with Crippen LogP contribution in [0.2, 0.25) is 0 Å². The van der Waals surface area contributed by atoms with Gasteiger partial charge in [0.25, 0.3) is 0 Å². The highest BCUT2D eigenvalue weighted by molar-refractivity contribution is 9.10. The lowest BCUT2D eigenvalue weighted by atomic mass is 10.1.